The Morgan fingerprint density at radius 1 is 0.380 bits per heavy atom. The van der Waals surface area contributed by atoms with Gasteiger partial charge in [-0.05, 0) is 53.6 Å². The number of thiophene rings is 1. The van der Waals surface area contributed by atoms with Crippen LogP contribution >= 0.6 is 11.3 Å². The predicted molar refractivity (Wildman–Crippen MR) is 207 cm³/mol. The van der Waals surface area contributed by atoms with E-state index in [2.05, 4.69) is 102 Å². The van der Waals surface area contributed by atoms with E-state index in [1.165, 1.54) is 42.1 Å². The summed E-state index contributed by atoms with van der Waals surface area (Å²) in [7, 11) is 0. The third-order valence-corrected chi connectivity index (χ3v) is 10.5. The van der Waals surface area contributed by atoms with Crippen molar-refractivity contribution in [2.24, 2.45) is 0 Å². The fraction of sp³-hybridized carbons (Fsp3) is 0. The van der Waals surface area contributed by atoms with Crippen LogP contribution in [0, 0.1) is 0 Å². The molecule has 5 nitrogen and oxygen atoms in total. The summed E-state index contributed by atoms with van der Waals surface area (Å²) in [6.45, 7) is 0. The van der Waals surface area contributed by atoms with Gasteiger partial charge in [0.05, 0.1) is 11.0 Å². The molecule has 50 heavy (non-hydrogen) atoms. The molecule has 10 aromatic rings. The third-order valence-electron chi connectivity index (χ3n) is 9.32. The van der Waals surface area contributed by atoms with E-state index >= 15 is 0 Å². The maximum absolute atomic E-state index is 5.04. The highest BCUT2D eigenvalue weighted by Crippen LogP contribution is 2.38. The zero-order valence-corrected chi connectivity index (χ0v) is 27.5. The Labute approximate surface area is 291 Å². The largest absolute Gasteiger partial charge is 0.294 e. The highest BCUT2D eigenvalue weighted by molar-refractivity contribution is 7.25. The molecular formula is C44H27N5S. The minimum Gasteiger partial charge on any atom is -0.294 e. The fourth-order valence-corrected chi connectivity index (χ4v) is 7.98. The number of rotatable bonds is 5. The lowest BCUT2D eigenvalue weighted by atomic mass is 10.0. The smallest absolute Gasteiger partial charge is 0.165 e. The second-order valence-corrected chi connectivity index (χ2v) is 13.4. The molecule has 0 bridgehead atoms. The minimum atomic E-state index is 0.581. The van der Waals surface area contributed by atoms with Crippen LogP contribution in [-0.4, -0.2) is 24.5 Å². The Bertz CT molecular complexity index is 2800. The lowest BCUT2D eigenvalue weighted by molar-refractivity contribution is 1.05. The van der Waals surface area contributed by atoms with Crippen LogP contribution in [0.5, 0.6) is 0 Å². The summed E-state index contributed by atoms with van der Waals surface area (Å²) in [4.78, 5) is 19.7. The summed E-state index contributed by atoms with van der Waals surface area (Å²) in [6.07, 6.45) is 1.87. The maximum Gasteiger partial charge on any atom is 0.165 e. The van der Waals surface area contributed by atoms with E-state index < -0.39 is 0 Å². The van der Waals surface area contributed by atoms with Gasteiger partial charge in [0.2, 0.25) is 0 Å². The number of pyridine rings is 1. The van der Waals surface area contributed by atoms with Crippen LogP contribution in [-0.2, 0) is 0 Å². The van der Waals surface area contributed by atoms with E-state index in [4.69, 9.17) is 19.9 Å². The average molecular weight is 658 g/mol. The van der Waals surface area contributed by atoms with Crippen molar-refractivity contribution in [2.45, 2.75) is 0 Å². The van der Waals surface area contributed by atoms with Gasteiger partial charge in [-0.15, -0.1) is 11.3 Å². The Morgan fingerprint density at radius 2 is 0.940 bits per heavy atom. The lowest BCUT2D eigenvalue weighted by Crippen LogP contribution is -2.01. The maximum atomic E-state index is 5.04. The first kappa shape index (κ1) is 28.5. The monoisotopic (exact) mass is 657 g/mol. The van der Waals surface area contributed by atoms with Crippen molar-refractivity contribution in [3.05, 3.63) is 164 Å². The van der Waals surface area contributed by atoms with E-state index in [1.807, 2.05) is 78.2 Å². The first-order valence-corrected chi connectivity index (χ1v) is 17.4. The standard InChI is InChI=1S/C44H27N5S/c1-3-11-28(12-4-1)42-46-43(29-13-5-2-6-14-29)48-44(47-42)32-21-24-41(45-27-32)49-37-17-9-7-15-33(37)34-22-19-31(26-38(34)49)30-20-23-40-36(25-30)35-16-8-10-18-39(35)50-40/h1-27H. The quantitative estimate of drug-likeness (QED) is 0.185. The van der Waals surface area contributed by atoms with Gasteiger partial charge in [-0.3, -0.25) is 4.57 Å². The fourth-order valence-electron chi connectivity index (χ4n) is 6.89. The summed E-state index contributed by atoms with van der Waals surface area (Å²) >= 11 is 1.84. The summed E-state index contributed by atoms with van der Waals surface area (Å²) in [5, 5.41) is 4.98. The van der Waals surface area contributed by atoms with Gasteiger partial charge in [-0.1, -0.05) is 115 Å². The summed E-state index contributed by atoms with van der Waals surface area (Å²) in [5.41, 5.74) is 7.27. The van der Waals surface area contributed by atoms with E-state index in [0.29, 0.717) is 17.5 Å². The van der Waals surface area contributed by atoms with Crippen molar-refractivity contribution >= 4 is 53.3 Å². The van der Waals surface area contributed by atoms with Crippen molar-refractivity contribution in [3.8, 4) is 51.1 Å². The van der Waals surface area contributed by atoms with Gasteiger partial charge in [0.15, 0.2) is 17.5 Å². The first-order valence-electron chi connectivity index (χ1n) is 16.6. The second kappa shape index (κ2) is 11.6. The first-order chi connectivity index (χ1) is 24.8. The molecule has 4 aromatic heterocycles. The summed E-state index contributed by atoms with van der Waals surface area (Å²) in [6, 6.07) is 55.0. The molecule has 6 aromatic carbocycles. The molecule has 0 saturated carbocycles. The van der Waals surface area contributed by atoms with Gasteiger partial charge < -0.3 is 0 Å². The highest BCUT2D eigenvalue weighted by Gasteiger charge is 2.17. The van der Waals surface area contributed by atoms with Gasteiger partial charge in [0, 0.05) is 53.8 Å². The van der Waals surface area contributed by atoms with Gasteiger partial charge in [-0.2, -0.15) is 0 Å². The molecule has 0 radical (unpaired) electrons. The Kier molecular flexibility index (Phi) is 6.60. The van der Waals surface area contributed by atoms with Gasteiger partial charge in [0.1, 0.15) is 5.82 Å². The number of nitrogens with zero attached hydrogens (tertiary/aromatic N) is 5. The van der Waals surface area contributed by atoms with E-state index in [-0.39, 0.29) is 0 Å². The van der Waals surface area contributed by atoms with Crippen molar-refractivity contribution < 1.29 is 0 Å². The summed E-state index contributed by atoms with van der Waals surface area (Å²) < 4.78 is 4.88. The molecule has 0 fully saturated rings. The molecule has 0 atom stereocenters. The van der Waals surface area contributed by atoms with Crippen LogP contribution in [0.1, 0.15) is 0 Å². The number of hydrogen-bond donors (Lipinski definition) is 0. The third kappa shape index (κ3) is 4.77. The normalized spacial score (nSPS) is 11.6. The number of aromatic nitrogens is 5. The molecule has 0 aliphatic carbocycles. The lowest BCUT2D eigenvalue weighted by Gasteiger charge is -2.10. The Morgan fingerprint density at radius 3 is 1.66 bits per heavy atom. The molecular weight excluding hydrogens is 631 g/mol. The van der Waals surface area contributed by atoms with Gasteiger partial charge in [0.25, 0.3) is 0 Å². The average Bonchev–Trinajstić information content (AvgIpc) is 3.73. The number of para-hydroxylation sites is 1. The molecule has 234 valence electrons. The minimum absolute atomic E-state index is 0.581. The van der Waals surface area contributed by atoms with Crippen molar-refractivity contribution in [3.63, 3.8) is 0 Å². The molecule has 0 aliphatic heterocycles. The molecule has 0 saturated heterocycles. The number of hydrogen-bond acceptors (Lipinski definition) is 5. The number of benzene rings is 6. The second-order valence-electron chi connectivity index (χ2n) is 12.3. The van der Waals surface area contributed by atoms with Crippen LogP contribution in [0.2, 0.25) is 0 Å². The Balaban J connectivity index is 1.10. The van der Waals surface area contributed by atoms with Crippen LogP contribution < -0.4 is 0 Å². The zero-order chi connectivity index (χ0) is 33.0. The Hall–Kier alpha value is -6.50. The molecule has 4 heterocycles. The highest BCUT2D eigenvalue weighted by atomic mass is 32.1. The van der Waals surface area contributed by atoms with Crippen LogP contribution in [0.3, 0.4) is 0 Å². The molecule has 6 heteroatoms. The molecule has 0 unspecified atom stereocenters. The molecule has 0 amide bonds. The molecule has 0 spiro atoms. The predicted octanol–water partition coefficient (Wildman–Crippen LogP) is 11.4. The van der Waals surface area contributed by atoms with E-state index in [1.54, 1.807) is 0 Å². The van der Waals surface area contributed by atoms with Gasteiger partial charge in [-0.25, -0.2) is 19.9 Å². The van der Waals surface area contributed by atoms with E-state index in [9.17, 15) is 0 Å². The SMILES string of the molecule is c1ccc(-c2nc(-c3ccccc3)nc(-c3ccc(-n4c5ccccc5c5ccc(-c6ccc7sc8ccccc8c7c6)cc54)nc3)n2)cc1. The van der Waals surface area contributed by atoms with Crippen molar-refractivity contribution in [1.82, 2.24) is 24.5 Å². The van der Waals surface area contributed by atoms with Crippen LogP contribution in [0.25, 0.3) is 93.1 Å². The van der Waals surface area contributed by atoms with E-state index in [0.717, 1.165) is 33.5 Å². The topological polar surface area (TPSA) is 56.5 Å². The molecule has 10 rings (SSSR count). The summed E-state index contributed by atoms with van der Waals surface area (Å²) in [5.74, 6) is 2.67. The number of fused-ring (bicyclic) bond motifs is 6. The van der Waals surface area contributed by atoms with Crippen molar-refractivity contribution in [1.29, 1.82) is 0 Å². The van der Waals surface area contributed by atoms with Gasteiger partial charge >= 0.3 is 0 Å². The molecule has 0 aliphatic rings. The van der Waals surface area contributed by atoms with Crippen LogP contribution in [0.4, 0.5) is 0 Å². The van der Waals surface area contributed by atoms with Crippen molar-refractivity contribution in [2.75, 3.05) is 0 Å². The molecule has 0 N–H and O–H groups in total. The zero-order valence-electron chi connectivity index (χ0n) is 26.7. The van der Waals surface area contributed by atoms with Crippen LogP contribution in [0.15, 0.2) is 164 Å².